The van der Waals surface area contributed by atoms with Crippen molar-refractivity contribution in [3.05, 3.63) is 11.3 Å². The highest BCUT2D eigenvalue weighted by atomic mass is 16.5. The zero-order valence-electron chi connectivity index (χ0n) is 15.3. The minimum atomic E-state index is 0.0595. The SMILES string of the molecule is CCc1nn(C)c(OC)c1CNC(=O)N1C[C@H](C)[C@@H]2CCCC[C@H]21. The first-order valence-electron chi connectivity index (χ1n) is 9.20. The molecule has 2 fully saturated rings. The smallest absolute Gasteiger partial charge is 0.317 e. The second kappa shape index (κ2) is 7.03. The summed E-state index contributed by atoms with van der Waals surface area (Å²) in [6.07, 6.45) is 5.81. The first-order valence-corrected chi connectivity index (χ1v) is 9.20. The van der Waals surface area contributed by atoms with Gasteiger partial charge in [-0.25, -0.2) is 9.48 Å². The summed E-state index contributed by atoms with van der Waals surface area (Å²) in [6.45, 7) is 5.71. The van der Waals surface area contributed by atoms with E-state index in [0.717, 1.165) is 36.5 Å². The highest BCUT2D eigenvalue weighted by Crippen LogP contribution is 2.39. The summed E-state index contributed by atoms with van der Waals surface area (Å²) in [7, 11) is 3.52. The van der Waals surface area contributed by atoms with E-state index in [9.17, 15) is 4.79 Å². The number of likely N-dealkylation sites (tertiary alicyclic amines) is 1. The van der Waals surface area contributed by atoms with Crippen molar-refractivity contribution in [2.75, 3.05) is 13.7 Å². The number of aryl methyl sites for hydroxylation is 2. The fourth-order valence-electron chi connectivity index (χ4n) is 4.59. The monoisotopic (exact) mass is 334 g/mol. The molecule has 6 nitrogen and oxygen atoms in total. The minimum Gasteiger partial charge on any atom is -0.481 e. The van der Waals surface area contributed by atoms with Gasteiger partial charge >= 0.3 is 6.03 Å². The van der Waals surface area contributed by atoms with Crippen LogP contribution >= 0.6 is 0 Å². The van der Waals surface area contributed by atoms with Gasteiger partial charge in [0.2, 0.25) is 5.88 Å². The number of aromatic nitrogens is 2. The van der Waals surface area contributed by atoms with Crippen molar-refractivity contribution < 1.29 is 9.53 Å². The van der Waals surface area contributed by atoms with Crippen LogP contribution in [0.4, 0.5) is 4.79 Å². The summed E-state index contributed by atoms with van der Waals surface area (Å²) < 4.78 is 7.20. The van der Waals surface area contributed by atoms with Crippen molar-refractivity contribution in [3.63, 3.8) is 0 Å². The zero-order chi connectivity index (χ0) is 17.3. The van der Waals surface area contributed by atoms with Crippen LogP contribution in [0.15, 0.2) is 0 Å². The van der Waals surface area contributed by atoms with Crippen molar-refractivity contribution >= 4 is 6.03 Å². The van der Waals surface area contributed by atoms with Crippen LogP contribution in [0.5, 0.6) is 5.88 Å². The molecule has 1 aliphatic carbocycles. The van der Waals surface area contributed by atoms with Gasteiger partial charge in [0.25, 0.3) is 0 Å². The summed E-state index contributed by atoms with van der Waals surface area (Å²) in [6, 6.07) is 0.486. The Morgan fingerprint density at radius 3 is 2.83 bits per heavy atom. The van der Waals surface area contributed by atoms with Gasteiger partial charge in [0, 0.05) is 19.6 Å². The lowest BCUT2D eigenvalue weighted by molar-refractivity contribution is 0.168. The highest BCUT2D eigenvalue weighted by Gasteiger charge is 2.42. The first-order chi connectivity index (χ1) is 11.6. The number of hydrogen-bond donors (Lipinski definition) is 1. The molecule has 6 heteroatoms. The summed E-state index contributed by atoms with van der Waals surface area (Å²) in [4.78, 5) is 14.8. The van der Waals surface area contributed by atoms with Crippen molar-refractivity contribution in [2.24, 2.45) is 18.9 Å². The van der Waals surface area contributed by atoms with Crippen molar-refractivity contribution in [3.8, 4) is 5.88 Å². The Bertz CT molecular complexity index is 598. The topological polar surface area (TPSA) is 59.4 Å². The lowest BCUT2D eigenvalue weighted by atomic mass is 9.80. The maximum absolute atomic E-state index is 12.8. The van der Waals surface area contributed by atoms with E-state index in [2.05, 4.69) is 29.2 Å². The Kier molecular flexibility index (Phi) is 5.01. The number of nitrogens with one attached hydrogen (secondary N) is 1. The van der Waals surface area contributed by atoms with Gasteiger partial charge in [-0.2, -0.15) is 5.10 Å². The summed E-state index contributed by atoms with van der Waals surface area (Å²) in [5.74, 6) is 2.03. The second-order valence-corrected chi connectivity index (χ2v) is 7.22. The molecule has 3 atom stereocenters. The van der Waals surface area contributed by atoms with Gasteiger partial charge in [-0.15, -0.1) is 0 Å². The molecule has 1 aromatic rings. The number of urea groups is 1. The fraction of sp³-hybridized carbons (Fsp3) is 0.778. The molecule has 3 rings (SSSR count). The first kappa shape index (κ1) is 17.1. The van der Waals surface area contributed by atoms with E-state index < -0.39 is 0 Å². The molecule has 0 spiro atoms. The van der Waals surface area contributed by atoms with Gasteiger partial charge < -0.3 is 15.0 Å². The maximum Gasteiger partial charge on any atom is 0.317 e. The van der Waals surface area contributed by atoms with E-state index in [1.807, 2.05) is 7.05 Å². The van der Waals surface area contributed by atoms with E-state index in [4.69, 9.17) is 4.74 Å². The minimum absolute atomic E-state index is 0.0595. The van der Waals surface area contributed by atoms with Crippen molar-refractivity contribution in [1.29, 1.82) is 0 Å². The lowest BCUT2D eigenvalue weighted by Gasteiger charge is -2.32. The quantitative estimate of drug-likeness (QED) is 0.921. The Labute approximate surface area is 144 Å². The molecule has 1 aromatic heterocycles. The van der Waals surface area contributed by atoms with Crippen LogP contribution < -0.4 is 10.1 Å². The number of amides is 2. The molecule has 1 saturated carbocycles. The number of methoxy groups -OCH3 is 1. The number of hydrogen-bond acceptors (Lipinski definition) is 3. The van der Waals surface area contributed by atoms with Crippen LogP contribution in [-0.2, 0) is 20.0 Å². The molecule has 1 aliphatic heterocycles. The third-order valence-electron chi connectivity index (χ3n) is 5.77. The highest BCUT2D eigenvalue weighted by molar-refractivity contribution is 5.75. The third kappa shape index (κ3) is 2.98. The summed E-state index contributed by atoms with van der Waals surface area (Å²) in [5, 5.41) is 7.59. The fourth-order valence-corrected chi connectivity index (χ4v) is 4.59. The molecule has 24 heavy (non-hydrogen) atoms. The molecule has 0 bridgehead atoms. The molecule has 1 N–H and O–H groups in total. The Hall–Kier alpha value is -1.72. The van der Waals surface area contributed by atoms with E-state index in [1.165, 1.54) is 19.3 Å². The summed E-state index contributed by atoms with van der Waals surface area (Å²) in [5.41, 5.74) is 1.98. The van der Waals surface area contributed by atoms with Crippen LogP contribution in [0, 0.1) is 11.8 Å². The molecule has 2 aliphatic rings. The molecule has 134 valence electrons. The standard InChI is InChI=1S/C18H30N4O2/c1-5-15-14(17(24-4)21(3)20-15)10-19-18(23)22-11-12(2)13-8-6-7-9-16(13)22/h12-13,16H,5-11H2,1-4H3,(H,19,23)/t12-,13-,16+/m0/s1. The Morgan fingerprint density at radius 2 is 2.12 bits per heavy atom. The van der Waals surface area contributed by atoms with E-state index in [-0.39, 0.29) is 6.03 Å². The molecule has 1 saturated heterocycles. The number of carbonyl (C=O) groups is 1. The van der Waals surface area contributed by atoms with Crippen molar-refractivity contribution in [2.45, 2.75) is 58.5 Å². The predicted octanol–water partition coefficient (Wildman–Crippen LogP) is 2.71. The third-order valence-corrected chi connectivity index (χ3v) is 5.77. The van der Waals surface area contributed by atoms with Gasteiger partial charge in [0.15, 0.2) is 0 Å². The molecule has 0 unspecified atom stereocenters. The molecule has 0 radical (unpaired) electrons. The van der Waals surface area contributed by atoms with Crippen LogP contribution in [-0.4, -0.2) is 40.4 Å². The average molecular weight is 334 g/mol. The number of rotatable bonds is 4. The van der Waals surface area contributed by atoms with E-state index in [0.29, 0.717) is 24.4 Å². The van der Waals surface area contributed by atoms with Gasteiger partial charge in [-0.05, 0) is 31.1 Å². The van der Waals surface area contributed by atoms with Gasteiger partial charge in [-0.3, -0.25) is 0 Å². The van der Waals surface area contributed by atoms with Gasteiger partial charge in [0.1, 0.15) is 0 Å². The van der Waals surface area contributed by atoms with E-state index >= 15 is 0 Å². The normalized spacial score (nSPS) is 26.3. The molecular formula is C18H30N4O2. The molecule has 2 heterocycles. The Morgan fingerprint density at radius 1 is 1.38 bits per heavy atom. The van der Waals surface area contributed by atoms with E-state index in [1.54, 1.807) is 11.8 Å². The number of ether oxygens (including phenoxy) is 1. The van der Waals surface area contributed by atoms with Crippen LogP contribution in [0.3, 0.4) is 0 Å². The summed E-state index contributed by atoms with van der Waals surface area (Å²) >= 11 is 0. The Balaban J connectivity index is 1.68. The maximum atomic E-state index is 12.8. The second-order valence-electron chi connectivity index (χ2n) is 7.22. The number of fused-ring (bicyclic) bond motifs is 1. The van der Waals surface area contributed by atoms with Gasteiger partial charge in [0.05, 0.1) is 24.9 Å². The molecular weight excluding hydrogens is 304 g/mol. The van der Waals surface area contributed by atoms with Gasteiger partial charge in [-0.1, -0.05) is 26.7 Å². The zero-order valence-corrected chi connectivity index (χ0v) is 15.3. The van der Waals surface area contributed by atoms with Crippen LogP contribution in [0.2, 0.25) is 0 Å². The van der Waals surface area contributed by atoms with Crippen molar-refractivity contribution in [1.82, 2.24) is 20.0 Å². The lowest BCUT2D eigenvalue weighted by Crippen LogP contribution is -2.44. The van der Waals surface area contributed by atoms with Crippen LogP contribution in [0.1, 0.15) is 50.8 Å². The molecule has 0 aromatic carbocycles. The largest absolute Gasteiger partial charge is 0.481 e. The van der Waals surface area contributed by atoms with Crippen LogP contribution in [0.25, 0.3) is 0 Å². The number of carbonyl (C=O) groups excluding carboxylic acids is 1. The number of nitrogens with zero attached hydrogens (tertiary/aromatic N) is 3. The molecule has 2 amide bonds. The predicted molar refractivity (Wildman–Crippen MR) is 93.0 cm³/mol. The average Bonchev–Trinajstić information content (AvgIpc) is 3.09.